The molecule has 1 aromatic carbocycles. The fraction of sp³-hybridized carbons (Fsp3) is 0.667. The summed E-state index contributed by atoms with van der Waals surface area (Å²) in [6, 6.07) is 5.44. The van der Waals surface area contributed by atoms with E-state index in [1.807, 2.05) is 27.7 Å². The number of halogens is 1. The lowest BCUT2D eigenvalue weighted by Gasteiger charge is -2.30. The molecule has 1 unspecified atom stereocenters. The van der Waals surface area contributed by atoms with Crippen molar-refractivity contribution in [2.75, 3.05) is 6.61 Å². The summed E-state index contributed by atoms with van der Waals surface area (Å²) in [6.45, 7) is 9.41. The van der Waals surface area contributed by atoms with Crippen molar-refractivity contribution in [3.05, 3.63) is 35.6 Å². The Hall–Kier alpha value is -1.58. The number of amides is 1. The summed E-state index contributed by atoms with van der Waals surface area (Å²) in [5.74, 6) is -2.54. The molecule has 1 N–H and O–H groups in total. The fourth-order valence-electron chi connectivity index (χ4n) is 4.08. The van der Waals surface area contributed by atoms with Crippen LogP contribution in [0.4, 0.5) is 4.39 Å². The van der Waals surface area contributed by atoms with Crippen LogP contribution in [0.25, 0.3) is 0 Å². The molecule has 3 saturated heterocycles. The predicted molar refractivity (Wildman–Crippen MR) is 100 cm³/mol. The second-order valence-corrected chi connectivity index (χ2v) is 8.74. The van der Waals surface area contributed by atoms with Crippen LogP contribution in [0.5, 0.6) is 0 Å². The lowest BCUT2D eigenvalue weighted by atomic mass is 9.97. The summed E-state index contributed by atoms with van der Waals surface area (Å²) in [4.78, 5) is 13.0. The van der Waals surface area contributed by atoms with Crippen LogP contribution in [0.1, 0.15) is 46.1 Å². The number of hydrogen-bond donors (Lipinski definition) is 1. The molecule has 0 spiro atoms. The van der Waals surface area contributed by atoms with Gasteiger partial charge >= 0.3 is 0 Å². The van der Waals surface area contributed by atoms with E-state index in [2.05, 4.69) is 5.32 Å². The maximum Gasteiger partial charge on any atom is 0.227 e. The number of carbonyl (C=O) groups is 1. The number of fused-ring (bicyclic) bond motifs is 1. The van der Waals surface area contributed by atoms with E-state index in [-0.39, 0.29) is 17.8 Å². The topological polar surface area (TPSA) is 75.3 Å². The zero-order valence-electron chi connectivity index (χ0n) is 17.3. The van der Waals surface area contributed by atoms with E-state index < -0.39 is 42.0 Å². The molecule has 7 nitrogen and oxygen atoms in total. The molecule has 3 aliphatic rings. The number of benzene rings is 1. The minimum absolute atomic E-state index is 0.206. The van der Waals surface area contributed by atoms with Gasteiger partial charge in [-0.2, -0.15) is 0 Å². The van der Waals surface area contributed by atoms with Crippen molar-refractivity contribution in [1.82, 2.24) is 5.32 Å². The van der Waals surface area contributed by atoms with Crippen molar-refractivity contribution < 1.29 is 32.9 Å². The second-order valence-electron chi connectivity index (χ2n) is 8.74. The van der Waals surface area contributed by atoms with Crippen molar-refractivity contribution in [3.8, 4) is 0 Å². The minimum atomic E-state index is -0.807. The average Bonchev–Trinajstić information content (AvgIpc) is 3.25. The van der Waals surface area contributed by atoms with Crippen molar-refractivity contribution in [1.29, 1.82) is 0 Å². The first-order valence-electron chi connectivity index (χ1n) is 9.93. The molecule has 29 heavy (non-hydrogen) atoms. The van der Waals surface area contributed by atoms with Crippen LogP contribution in [0.2, 0.25) is 0 Å². The minimum Gasteiger partial charge on any atom is -0.348 e. The molecule has 8 heteroatoms. The molecular formula is C21H28FNO6. The van der Waals surface area contributed by atoms with Crippen molar-refractivity contribution in [2.45, 2.75) is 82.8 Å². The molecule has 0 radical (unpaired) electrons. The summed E-state index contributed by atoms with van der Waals surface area (Å²) in [5.41, 5.74) is 0.724. The predicted octanol–water partition coefficient (Wildman–Crippen LogP) is 2.44. The standard InChI is InChI=1S/C21H28FNO6/c1-11(12-6-8-13(22)9-7-12)18(24)23-15-16(14-10-25-20(2,3)27-14)26-19-17(15)28-21(4,5)29-19/h6-9,11,14-17,19H,10H2,1-5H3,(H,23,24)/t11?,14-,15+,16-,17-,19-/m1/s1. The van der Waals surface area contributed by atoms with Gasteiger partial charge in [0.05, 0.1) is 18.6 Å². The van der Waals surface area contributed by atoms with Gasteiger partial charge in [-0.1, -0.05) is 12.1 Å². The molecule has 160 valence electrons. The number of carbonyl (C=O) groups excluding carboxylic acids is 1. The van der Waals surface area contributed by atoms with E-state index in [4.69, 9.17) is 23.7 Å². The van der Waals surface area contributed by atoms with Gasteiger partial charge in [0.2, 0.25) is 5.91 Å². The Morgan fingerprint density at radius 1 is 1.07 bits per heavy atom. The quantitative estimate of drug-likeness (QED) is 0.823. The zero-order valence-corrected chi connectivity index (χ0v) is 17.3. The third-order valence-corrected chi connectivity index (χ3v) is 5.56. The molecule has 0 bridgehead atoms. The Labute approximate surface area is 169 Å². The monoisotopic (exact) mass is 409 g/mol. The van der Waals surface area contributed by atoms with Crippen LogP contribution in [0.3, 0.4) is 0 Å². The molecular weight excluding hydrogens is 381 g/mol. The lowest BCUT2D eigenvalue weighted by Crippen LogP contribution is -2.53. The molecule has 6 atom stereocenters. The Bertz CT molecular complexity index is 767. The third-order valence-electron chi connectivity index (χ3n) is 5.56. The van der Waals surface area contributed by atoms with Gasteiger partial charge in [-0.05, 0) is 52.3 Å². The lowest BCUT2D eigenvalue weighted by molar-refractivity contribution is -0.223. The normalized spacial score (nSPS) is 36.0. The summed E-state index contributed by atoms with van der Waals surface area (Å²) in [6.07, 6.45) is -1.91. The van der Waals surface area contributed by atoms with Crippen LogP contribution >= 0.6 is 0 Å². The van der Waals surface area contributed by atoms with E-state index in [1.165, 1.54) is 12.1 Å². The van der Waals surface area contributed by atoms with Crippen LogP contribution in [-0.2, 0) is 28.5 Å². The summed E-state index contributed by atoms with van der Waals surface area (Å²) >= 11 is 0. The first-order valence-corrected chi connectivity index (χ1v) is 9.93. The second kappa shape index (κ2) is 7.28. The number of hydrogen-bond acceptors (Lipinski definition) is 6. The average molecular weight is 409 g/mol. The van der Waals surface area contributed by atoms with E-state index in [9.17, 15) is 9.18 Å². The largest absolute Gasteiger partial charge is 0.348 e. The molecule has 0 aromatic heterocycles. The highest BCUT2D eigenvalue weighted by Crippen LogP contribution is 2.41. The van der Waals surface area contributed by atoms with Crippen LogP contribution in [0, 0.1) is 5.82 Å². The van der Waals surface area contributed by atoms with Crippen LogP contribution in [0.15, 0.2) is 24.3 Å². The van der Waals surface area contributed by atoms with Gasteiger partial charge in [0.25, 0.3) is 0 Å². The summed E-state index contributed by atoms with van der Waals surface area (Å²) < 4.78 is 42.8. The third kappa shape index (κ3) is 4.18. The highest BCUT2D eigenvalue weighted by molar-refractivity contribution is 5.83. The highest BCUT2D eigenvalue weighted by atomic mass is 19.1. The summed E-state index contributed by atoms with van der Waals surface area (Å²) in [7, 11) is 0. The first kappa shape index (κ1) is 20.7. The van der Waals surface area contributed by atoms with Crippen molar-refractivity contribution in [2.24, 2.45) is 0 Å². The number of ether oxygens (including phenoxy) is 5. The van der Waals surface area contributed by atoms with Gasteiger partial charge in [-0.15, -0.1) is 0 Å². The number of rotatable bonds is 4. The Balaban J connectivity index is 1.52. The molecule has 4 rings (SSSR count). The molecule has 1 aromatic rings. The zero-order chi connectivity index (χ0) is 21.0. The first-order chi connectivity index (χ1) is 13.5. The smallest absolute Gasteiger partial charge is 0.227 e. The maximum absolute atomic E-state index is 13.2. The Kier molecular flexibility index (Phi) is 5.19. The maximum atomic E-state index is 13.2. The Morgan fingerprint density at radius 2 is 1.76 bits per heavy atom. The van der Waals surface area contributed by atoms with Gasteiger partial charge < -0.3 is 29.0 Å². The number of nitrogens with one attached hydrogen (secondary N) is 1. The molecule has 3 fully saturated rings. The fourth-order valence-corrected chi connectivity index (χ4v) is 4.08. The molecule has 1 amide bonds. The molecule has 3 heterocycles. The van der Waals surface area contributed by atoms with Crippen molar-refractivity contribution >= 4 is 5.91 Å². The highest BCUT2D eigenvalue weighted by Gasteiger charge is 2.58. The molecule has 0 saturated carbocycles. The van der Waals surface area contributed by atoms with Crippen molar-refractivity contribution in [3.63, 3.8) is 0 Å². The molecule has 3 aliphatic heterocycles. The van der Waals surface area contributed by atoms with E-state index >= 15 is 0 Å². The van der Waals surface area contributed by atoms with Crippen LogP contribution < -0.4 is 5.32 Å². The SMILES string of the molecule is CC(C(=O)N[C@@H]1[C@H]2OC(C)(C)O[C@H]2O[C@@H]1[C@H]1COC(C)(C)O1)c1ccc(F)cc1. The molecule has 0 aliphatic carbocycles. The van der Waals surface area contributed by atoms with E-state index in [1.54, 1.807) is 19.1 Å². The van der Waals surface area contributed by atoms with Gasteiger partial charge in [0.1, 0.15) is 24.1 Å². The van der Waals surface area contributed by atoms with Gasteiger partial charge in [0, 0.05) is 0 Å². The van der Waals surface area contributed by atoms with E-state index in [0.29, 0.717) is 6.61 Å². The van der Waals surface area contributed by atoms with Crippen LogP contribution in [-0.4, -0.2) is 54.7 Å². The van der Waals surface area contributed by atoms with Gasteiger partial charge in [0.15, 0.2) is 17.9 Å². The van der Waals surface area contributed by atoms with E-state index in [0.717, 1.165) is 5.56 Å². The van der Waals surface area contributed by atoms with Gasteiger partial charge in [-0.25, -0.2) is 4.39 Å². The van der Waals surface area contributed by atoms with Gasteiger partial charge in [-0.3, -0.25) is 4.79 Å². The summed E-state index contributed by atoms with van der Waals surface area (Å²) in [5, 5.41) is 3.06. The Morgan fingerprint density at radius 3 is 2.38 bits per heavy atom.